The van der Waals surface area contributed by atoms with Gasteiger partial charge in [-0.15, -0.1) is 6.58 Å². The summed E-state index contributed by atoms with van der Waals surface area (Å²) >= 11 is 0. The predicted molar refractivity (Wildman–Crippen MR) is 126 cm³/mol. The van der Waals surface area contributed by atoms with Gasteiger partial charge < -0.3 is 19.4 Å². The molecule has 1 saturated heterocycles. The molecule has 168 valence electrons. The van der Waals surface area contributed by atoms with Gasteiger partial charge in [-0.1, -0.05) is 36.4 Å². The van der Waals surface area contributed by atoms with E-state index in [-0.39, 0.29) is 12.0 Å². The van der Waals surface area contributed by atoms with Crippen LogP contribution < -0.4 is 10.1 Å². The largest absolute Gasteiger partial charge is 0.493 e. The smallest absolute Gasteiger partial charge is 0.249 e. The molecule has 0 aliphatic carbocycles. The number of ether oxygens (including phenoxy) is 2. The third kappa shape index (κ3) is 5.37. The highest BCUT2D eigenvalue weighted by atomic mass is 16.5. The van der Waals surface area contributed by atoms with Crippen molar-refractivity contribution < 1.29 is 14.3 Å². The van der Waals surface area contributed by atoms with E-state index >= 15 is 0 Å². The Hall–Kier alpha value is -3.12. The van der Waals surface area contributed by atoms with Gasteiger partial charge in [-0.3, -0.25) is 4.79 Å². The molecule has 6 heteroatoms. The minimum Gasteiger partial charge on any atom is -0.493 e. The Morgan fingerprint density at radius 3 is 2.91 bits per heavy atom. The van der Waals surface area contributed by atoms with Gasteiger partial charge in [0, 0.05) is 13.2 Å². The molecule has 0 saturated carbocycles. The summed E-state index contributed by atoms with van der Waals surface area (Å²) in [6.45, 7) is 6.37. The van der Waals surface area contributed by atoms with Crippen LogP contribution in [0.1, 0.15) is 37.1 Å². The van der Waals surface area contributed by atoms with Crippen LogP contribution in [0.15, 0.2) is 61.2 Å². The molecule has 1 N–H and O–H groups in total. The Morgan fingerprint density at radius 2 is 2.06 bits per heavy atom. The van der Waals surface area contributed by atoms with Crippen molar-refractivity contribution in [1.29, 1.82) is 0 Å². The topological polar surface area (TPSA) is 65.4 Å². The van der Waals surface area contributed by atoms with Gasteiger partial charge in [0.15, 0.2) is 0 Å². The van der Waals surface area contributed by atoms with Crippen LogP contribution in [-0.4, -0.2) is 34.8 Å². The minimum absolute atomic E-state index is 0.0484. The molecule has 1 atom stereocenters. The van der Waals surface area contributed by atoms with E-state index in [0.29, 0.717) is 19.8 Å². The number of aryl methyl sites for hydroxylation is 1. The average Bonchev–Trinajstić information content (AvgIpc) is 3.47. The lowest BCUT2D eigenvalue weighted by atomic mass is 10.1. The molecular formula is C26H31N3O3. The summed E-state index contributed by atoms with van der Waals surface area (Å²) < 4.78 is 13.7. The van der Waals surface area contributed by atoms with Gasteiger partial charge in [0.1, 0.15) is 17.7 Å². The van der Waals surface area contributed by atoms with Gasteiger partial charge in [0.25, 0.3) is 0 Å². The van der Waals surface area contributed by atoms with E-state index in [1.165, 1.54) is 0 Å². The molecule has 0 radical (unpaired) electrons. The summed E-state index contributed by atoms with van der Waals surface area (Å²) in [4.78, 5) is 17.1. The number of hydrogen-bond acceptors (Lipinski definition) is 4. The first-order valence-electron chi connectivity index (χ1n) is 11.4. The van der Waals surface area contributed by atoms with Crippen molar-refractivity contribution in [3.05, 3.63) is 72.6 Å². The van der Waals surface area contributed by atoms with E-state index in [9.17, 15) is 4.79 Å². The van der Waals surface area contributed by atoms with E-state index < -0.39 is 0 Å². The van der Waals surface area contributed by atoms with Crippen molar-refractivity contribution in [2.45, 2.75) is 51.3 Å². The lowest BCUT2D eigenvalue weighted by Gasteiger charge is -2.13. The number of carbonyl (C=O) groups is 1. The normalized spacial score (nSPS) is 15.7. The van der Waals surface area contributed by atoms with E-state index in [4.69, 9.17) is 14.5 Å². The van der Waals surface area contributed by atoms with Gasteiger partial charge in [0.05, 0.1) is 24.2 Å². The molecule has 0 bridgehead atoms. The highest BCUT2D eigenvalue weighted by Crippen LogP contribution is 2.20. The van der Waals surface area contributed by atoms with Crippen molar-refractivity contribution in [2.75, 3.05) is 13.2 Å². The number of hydrogen-bond donors (Lipinski definition) is 1. The minimum atomic E-state index is -0.325. The maximum atomic E-state index is 12.4. The predicted octanol–water partition coefficient (Wildman–Crippen LogP) is 4.42. The number of imidazole rings is 1. The molecule has 32 heavy (non-hydrogen) atoms. The average molecular weight is 434 g/mol. The maximum absolute atomic E-state index is 12.4. The van der Waals surface area contributed by atoms with Crippen molar-refractivity contribution in [3.8, 4) is 5.75 Å². The van der Waals surface area contributed by atoms with Gasteiger partial charge in [-0.2, -0.15) is 0 Å². The summed E-state index contributed by atoms with van der Waals surface area (Å²) in [6.07, 6.45) is 5.99. The number of nitrogens with one attached hydrogen (secondary N) is 1. The Bertz CT molecular complexity index is 1050. The zero-order chi connectivity index (χ0) is 22.2. The van der Waals surface area contributed by atoms with Crippen LogP contribution in [0.4, 0.5) is 0 Å². The highest BCUT2D eigenvalue weighted by molar-refractivity contribution is 5.81. The van der Waals surface area contributed by atoms with Crippen LogP contribution >= 0.6 is 0 Å². The summed E-state index contributed by atoms with van der Waals surface area (Å²) in [5, 5.41) is 3.00. The van der Waals surface area contributed by atoms with Crippen molar-refractivity contribution in [2.24, 2.45) is 0 Å². The van der Waals surface area contributed by atoms with Crippen molar-refractivity contribution in [3.63, 3.8) is 0 Å². The van der Waals surface area contributed by atoms with Crippen LogP contribution in [-0.2, 0) is 29.0 Å². The summed E-state index contributed by atoms with van der Waals surface area (Å²) in [5.74, 6) is 1.75. The molecule has 1 aliphatic rings. The monoisotopic (exact) mass is 433 g/mol. The SMILES string of the molecule is C=CCc1ccccc1OCCCCn1c(CNC(=O)C2CCCO2)nc2ccccc21. The zero-order valence-corrected chi connectivity index (χ0v) is 18.5. The summed E-state index contributed by atoms with van der Waals surface area (Å²) in [7, 11) is 0. The Balaban J connectivity index is 1.34. The van der Waals surface area contributed by atoms with Crippen LogP contribution in [0, 0.1) is 0 Å². The third-order valence-corrected chi connectivity index (χ3v) is 5.75. The lowest BCUT2D eigenvalue weighted by Crippen LogP contribution is -2.34. The fraction of sp³-hybridized carbons (Fsp3) is 0.385. The van der Waals surface area contributed by atoms with Gasteiger partial charge >= 0.3 is 0 Å². The first-order valence-corrected chi connectivity index (χ1v) is 11.4. The van der Waals surface area contributed by atoms with Crippen LogP contribution in [0.2, 0.25) is 0 Å². The maximum Gasteiger partial charge on any atom is 0.249 e. The number of fused-ring (bicyclic) bond motifs is 1. The van der Waals surface area contributed by atoms with Crippen LogP contribution in [0.3, 0.4) is 0 Å². The first kappa shape index (κ1) is 22.1. The van der Waals surface area contributed by atoms with E-state index in [1.54, 1.807) is 0 Å². The Kier molecular flexibility index (Phi) is 7.56. The Morgan fingerprint density at radius 1 is 1.22 bits per heavy atom. The third-order valence-electron chi connectivity index (χ3n) is 5.75. The number of unbranched alkanes of at least 4 members (excludes halogenated alkanes) is 1. The van der Waals surface area contributed by atoms with E-state index in [1.807, 2.05) is 42.5 Å². The molecule has 1 aromatic heterocycles. The number of benzene rings is 2. The number of rotatable bonds is 11. The van der Waals surface area contributed by atoms with Crippen LogP contribution in [0.5, 0.6) is 5.75 Å². The fourth-order valence-corrected chi connectivity index (χ4v) is 4.10. The number of amides is 1. The second-order valence-corrected chi connectivity index (χ2v) is 8.04. The highest BCUT2D eigenvalue weighted by Gasteiger charge is 2.23. The molecule has 3 aromatic rings. The molecule has 4 rings (SSSR count). The van der Waals surface area contributed by atoms with Crippen molar-refractivity contribution in [1.82, 2.24) is 14.9 Å². The molecule has 2 heterocycles. The van der Waals surface area contributed by atoms with E-state index in [2.05, 4.69) is 28.6 Å². The second-order valence-electron chi connectivity index (χ2n) is 8.04. The summed E-state index contributed by atoms with van der Waals surface area (Å²) in [5.41, 5.74) is 3.20. The number of allylic oxidation sites excluding steroid dienone is 1. The van der Waals surface area contributed by atoms with Crippen LogP contribution in [0.25, 0.3) is 11.0 Å². The zero-order valence-electron chi connectivity index (χ0n) is 18.5. The molecule has 1 aliphatic heterocycles. The van der Waals surface area contributed by atoms with Gasteiger partial charge in [-0.05, 0) is 55.9 Å². The number of para-hydroxylation sites is 3. The molecule has 1 unspecified atom stereocenters. The van der Waals surface area contributed by atoms with Gasteiger partial charge in [0.2, 0.25) is 5.91 Å². The van der Waals surface area contributed by atoms with E-state index in [0.717, 1.165) is 66.8 Å². The standard InChI is InChI=1S/C26H31N3O3/c1-2-10-20-11-3-6-14-23(20)31-17-8-7-16-29-22-13-5-4-12-21(22)28-25(29)19-27-26(30)24-15-9-18-32-24/h2-6,11-14,24H,1,7-10,15-19H2,(H,27,30). The molecule has 2 aromatic carbocycles. The Labute approximate surface area is 189 Å². The number of nitrogens with zero attached hydrogens (tertiary/aromatic N) is 2. The quantitative estimate of drug-likeness (QED) is 0.359. The molecule has 6 nitrogen and oxygen atoms in total. The van der Waals surface area contributed by atoms with Gasteiger partial charge in [-0.25, -0.2) is 4.98 Å². The van der Waals surface area contributed by atoms with Crippen molar-refractivity contribution >= 4 is 16.9 Å². The first-order chi connectivity index (χ1) is 15.8. The number of aromatic nitrogens is 2. The summed E-state index contributed by atoms with van der Waals surface area (Å²) in [6, 6.07) is 16.2. The molecule has 0 spiro atoms. The lowest BCUT2D eigenvalue weighted by molar-refractivity contribution is -0.130. The number of carbonyl (C=O) groups excluding carboxylic acids is 1. The molecule has 1 fully saturated rings. The second kappa shape index (κ2) is 11.0. The molecule has 1 amide bonds. The molecular weight excluding hydrogens is 402 g/mol. The fourth-order valence-electron chi connectivity index (χ4n) is 4.10.